The van der Waals surface area contributed by atoms with Gasteiger partial charge in [-0.2, -0.15) is 0 Å². The minimum atomic E-state index is -0.544. The van der Waals surface area contributed by atoms with Gasteiger partial charge in [-0.25, -0.2) is 9.78 Å². The van der Waals surface area contributed by atoms with Crippen LogP contribution in [0.2, 0.25) is 0 Å². The molecule has 0 aliphatic heterocycles. The minimum absolute atomic E-state index is 0.0354. The third-order valence-corrected chi connectivity index (χ3v) is 3.53. The Hall–Kier alpha value is -2.34. The summed E-state index contributed by atoms with van der Waals surface area (Å²) in [6.07, 6.45) is 4.81. The lowest BCUT2D eigenvalue weighted by atomic mass is 10.2. The second kappa shape index (κ2) is 7.78. The molecule has 1 unspecified atom stereocenters. The summed E-state index contributed by atoms with van der Waals surface area (Å²) < 4.78 is 1.92. The average Bonchev–Trinajstić information content (AvgIpc) is 3.04. The Morgan fingerprint density at radius 3 is 2.52 bits per heavy atom. The normalized spacial score (nSPS) is 12.2. The first-order valence-electron chi connectivity index (χ1n) is 7.77. The molecule has 0 fully saturated rings. The van der Waals surface area contributed by atoms with Crippen LogP contribution < -0.4 is 5.32 Å². The molecule has 2 amide bonds. The van der Waals surface area contributed by atoms with E-state index in [1.54, 1.807) is 24.3 Å². The third-order valence-electron chi connectivity index (χ3n) is 3.53. The lowest BCUT2D eigenvalue weighted by Crippen LogP contribution is -2.46. The topological polar surface area (TPSA) is 70.4 Å². The molecule has 1 aromatic carbocycles. The summed E-state index contributed by atoms with van der Waals surface area (Å²) in [5, 5.41) is 12.4. The minimum Gasteiger partial charge on any atom is -0.392 e. The molecular weight excluding hydrogens is 292 g/mol. The van der Waals surface area contributed by atoms with Crippen molar-refractivity contribution in [1.29, 1.82) is 0 Å². The van der Waals surface area contributed by atoms with E-state index in [0.29, 0.717) is 13.1 Å². The Morgan fingerprint density at radius 2 is 2.00 bits per heavy atom. The van der Waals surface area contributed by atoms with Gasteiger partial charge in [0.15, 0.2) is 0 Å². The van der Waals surface area contributed by atoms with Crippen LogP contribution in [0, 0.1) is 0 Å². The largest absolute Gasteiger partial charge is 0.392 e. The number of aromatic nitrogens is 2. The number of aliphatic hydroxyl groups excluding tert-OH is 1. The van der Waals surface area contributed by atoms with Crippen LogP contribution in [0.3, 0.4) is 0 Å². The molecule has 1 aromatic heterocycles. The maximum absolute atomic E-state index is 12.2. The predicted octanol–water partition coefficient (Wildman–Crippen LogP) is 2.17. The lowest BCUT2D eigenvalue weighted by Gasteiger charge is -2.28. The first kappa shape index (κ1) is 17.0. The van der Waals surface area contributed by atoms with E-state index in [0.717, 1.165) is 11.3 Å². The number of nitrogens with one attached hydrogen (secondary N) is 1. The first-order valence-corrected chi connectivity index (χ1v) is 7.77. The van der Waals surface area contributed by atoms with Gasteiger partial charge in [0.2, 0.25) is 0 Å². The smallest absolute Gasteiger partial charge is 0.317 e. The van der Waals surface area contributed by atoms with Crippen molar-refractivity contribution in [2.24, 2.45) is 0 Å². The van der Waals surface area contributed by atoms with Crippen LogP contribution in [0.5, 0.6) is 0 Å². The van der Waals surface area contributed by atoms with Crippen LogP contribution >= 0.6 is 0 Å². The van der Waals surface area contributed by atoms with Gasteiger partial charge in [0, 0.05) is 37.2 Å². The monoisotopic (exact) mass is 316 g/mol. The van der Waals surface area contributed by atoms with Crippen LogP contribution in [0.15, 0.2) is 43.0 Å². The zero-order valence-electron chi connectivity index (χ0n) is 13.8. The summed E-state index contributed by atoms with van der Waals surface area (Å²) in [7, 11) is 0. The highest BCUT2D eigenvalue weighted by molar-refractivity contribution is 5.74. The molecule has 0 spiro atoms. The van der Waals surface area contributed by atoms with E-state index in [-0.39, 0.29) is 12.1 Å². The SMILES string of the molecule is CC(O)CN(C(=O)NCc1ccc(-n2ccnc2)cc1)C(C)C. The van der Waals surface area contributed by atoms with Crippen molar-refractivity contribution in [2.45, 2.75) is 39.5 Å². The molecule has 1 heterocycles. The van der Waals surface area contributed by atoms with E-state index in [2.05, 4.69) is 10.3 Å². The summed E-state index contributed by atoms with van der Waals surface area (Å²) >= 11 is 0. The molecule has 2 N–H and O–H groups in total. The van der Waals surface area contributed by atoms with Crippen molar-refractivity contribution in [3.05, 3.63) is 48.5 Å². The molecule has 23 heavy (non-hydrogen) atoms. The van der Waals surface area contributed by atoms with E-state index in [4.69, 9.17) is 0 Å². The molecule has 2 rings (SSSR count). The molecule has 1 atom stereocenters. The summed E-state index contributed by atoms with van der Waals surface area (Å²) in [6, 6.07) is 7.79. The average molecular weight is 316 g/mol. The Kier molecular flexibility index (Phi) is 5.76. The number of benzene rings is 1. The van der Waals surface area contributed by atoms with Crippen molar-refractivity contribution < 1.29 is 9.90 Å². The fourth-order valence-corrected chi connectivity index (χ4v) is 2.29. The van der Waals surface area contributed by atoms with E-state index in [1.165, 1.54) is 0 Å². The molecule has 2 aromatic rings. The Labute approximate surface area is 136 Å². The second-order valence-electron chi connectivity index (χ2n) is 5.89. The number of aliphatic hydroxyl groups is 1. The van der Waals surface area contributed by atoms with Crippen LogP contribution in [-0.4, -0.2) is 44.3 Å². The summed E-state index contributed by atoms with van der Waals surface area (Å²) in [5.41, 5.74) is 2.04. The van der Waals surface area contributed by atoms with Crippen molar-refractivity contribution in [1.82, 2.24) is 19.8 Å². The van der Waals surface area contributed by atoms with Gasteiger partial charge in [-0.05, 0) is 38.5 Å². The van der Waals surface area contributed by atoms with E-state index < -0.39 is 6.10 Å². The van der Waals surface area contributed by atoms with Gasteiger partial charge in [-0.1, -0.05) is 12.1 Å². The van der Waals surface area contributed by atoms with Crippen LogP contribution in [0.4, 0.5) is 4.79 Å². The van der Waals surface area contributed by atoms with Gasteiger partial charge in [0.1, 0.15) is 0 Å². The van der Waals surface area contributed by atoms with E-state index in [9.17, 15) is 9.90 Å². The number of urea groups is 1. The molecule has 0 radical (unpaired) electrons. The number of rotatable bonds is 6. The molecule has 0 saturated carbocycles. The van der Waals surface area contributed by atoms with Crippen molar-refractivity contribution in [3.63, 3.8) is 0 Å². The van der Waals surface area contributed by atoms with Crippen molar-refractivity contribution in [3.8, 4) is 5.69 Å². The van der Waals surface area contributed by atoms with Crippen LogP contribution in [-0.2, 0) is 6.54 Å². The van der Waals surface area contributed by atoms with Gasteiger partial charge in [-0.3, -0.25) is 0 Å². The van der Waals surface area contributed by atoms with Crippen molar-refractivity contribution >= 4 is 6.03 Å². The summed E-state index contributed by atoms with van der Waals surface area (Å²) in [6.45, 7) is 6.32. The highest BCUT2D eigenvalue weighted by atomic mass is 16.3. The van der Waals surface area contributed by atoms with E-state index >= 15 is 0 Å². The highest BCUT2D eigenvalue weighted by Gasteiger charge is 2.18. The molecule has 124 valence electrons. The molecule has 0 aliphatic carbocycles. The van der Waals surface area contributed by atoms with Crippen LogP contribution in [0.1, 0.15) is 26.3 Å². The molecule has 0 bridgehead atoms. The van der Waals surface area contributed by atoms with Gasteiger partial charge in [-0.15, -0.1) is 0 Å². The molecule has 6 nitrogen and oxygen atoms in total. The standard InChI is InChI=1S/C17H24N4O2/c1-13(2)21(11-14(3)22)17(23)19-10-15-4-6-16(7-5-15)20-9-8-18-12-20/h4-9,12-14,22H,10-11H2,1-3H3,(H,19,23). The zero-order valence-corrected chi connectivity index (χ0v) is 13.8. The number of amides is 2. The van der Waals surface area contributed by atoms with Gasteiger partial charge in [0.25, 0.3) is 0 Å². The maximum Gasteiger partial charge on any atom is 0.317 e. The number of hydrogen-bond acceptors (Lipinski definition) is 3. The fraction of sp³-hybridized carbons (Fsp3) is 0.412. The first-order chi connectivity index (χ1) is 11.0. The predicted molar refractivity (Wildman–Crippen MR) is 89.3 cm³/mol. The Bertz CT molecular complexity index is 606. The zero-order chi connectivity index (χ0) is 16.8. The third kappa shape index (κ3) is 4.82. The maximum atomic E-state index is 12.2. The number of imidazole rings is 1. The number of carbonyl (C=O) groups excluding carboxylic acids is 1. The van der Waals surface area contributed by atoms with Crippen molar-refractivity contribution in [2.75, 3.05) is 6.54 Å². The van der Waals surface area contributed by atoms with Gasteiger partial charge >= 0.3 is 6.03 Å². The lowest BCUT2D eigenvalue weighted by molar-refractivity contribution is 0.119. The van der Waals surface area contributed by atoms with Gasteiger partial charge in [0.05, 0.1) is 12.4 Å². The molecule has 0 aliphatic rings. The molecule has 0 saturated heterocycles. The molecular formula is C17H24N4O2. The highest BCUT2D eigenvalue weighted by Crippen LogP contribution is 2.09. The second-order valence-corrected chi connectivity index (χ2v) is 5.89. The number of nitrogens with zero attached hydrogens (tertiary/aromatic N) is 3. The number of hydrogen-bond donors (Lipinski definition) is 2. The summed E-state index contributed by atoms with van der Waals surface area (Å²) in [5.74, 6) is 0. The Balaban J connectivity index is 1.93. The fourth-order valence-electron chi connectivity index (χ4n) is 2.29. The van der Waals surface area contributed by atoms with Crippen LogP contribution in [0.25, 0.3) is 5.69 Å². The molecule has 6 heteroatoms. The van der Waals surface area contributed by atoms with E-state index in [1.807, 2.05) is 48.9 Å². The summed E-state index contributed by atoms with van der Waals surface area (Å²) in [4.78, 5) is 17.9. The van der Waals surface area contributed by atoms with Gasteiger partial charge < -0.3 is 19.9 Å². The Morgan fingerprint density at radius 1 is 1.30 bits per heavy atom. The quantitative estimate of drug-likeness (QED) is 0.858. The number of carbonyl (C=O) groups is 1.